The largest absolute Gasteiger partial charge is 0.495 e. The van der Waals surface area contributed by atoms with Gasteiger partial charge in [-0.3, -0.25) is 9.59 Å². The van der Waals surface area contributed by atoms with Crippen molar-refractivity contribution in [3.05, 3.63) is 59.7 Å². The van der Waals surface area contributed by atoms with Crippen molar-refractivity contribution in [3.8, 4) is 5.75 Å². The number of piperazine rings is 1. The molecule has 0 unspecified atom stereocenters. The van der Waals surface area contributed by atoms with Crippen LogP contribution in [-0.2, 0) is 9.53 Å². The number of para-hydroxylation sites is 2. The van der Waals surface area contributed by atoms with E-state index in [2.05, 4.69) is 10.2 Å². The third-order valence-corrected chi connectivity index (χ3v) is 6.67. The minimum absolute atomic E-state index is 0.0324. The monoisotopic (exact) mass is 483 g/mol. The molecule has 0 bridgehead atoms. The number of hydrogen-bond acceptors (Lipinski definition) is 7. The molecule has 2 amide bonds. The first-order valence-corrected chi connectivity index (χ1v) is 11.9. The molecule has 2 aromatic carbocycles. The molecule has 0 aromatic heterocycles. The number of rotatable bonds is 7. The average molecular weight is 484 g/mol. The number of benzene rings is 2. The summed E-state index contributed by atoms with van der Waals surface area (Å²) >= 11 is 0. The second-order valence-electron chi connectivity index (χ2n) is 9.01. The lowest BCUT2D eigenvalue weighted by Gasteiger charge is -2.37. The van der Waals surface area contributed by atoms with Crippen molar-refractivity contribution in [2.45, 2.75) is 37.8 Å². The molecule has 4 atom stereocenters. The third-order valence-electron chi connectivity index (χ3n) is 6.67. The Hall–Kier alpha value is -3.14. The normalized spacial score (nSPS) is 24.3. The lowest BCUT2D eigenvalue weighted by Crippen LogP contribution is -2.50. The number of aliphatic hydroxyl groups excluding tert-OH is 2. The van der Waals surface area contributed by atoms with E-state index in [1.807, 2.05) is 43.3 Å². The van der Waals surface area contributed by atoms with Crippen LogP contribution in [0.15, 0.2) is 48.5 Å². The van der Waals surface area contributed by atoms with Crippen LogP contribution >= 0.6 is 0 Å². The van der Waals surface area contributed by atoms with Crippen LogP contribution in [0.4, 0.5) is 5.69 Å². The molecule has 0 saturated carbocycles. The fraction of sp³-hybridized carbons (Fsp3) is 0.462. The van der Waals surface area contributed by atoms with Crippen LogP contribution < -0.4 is 15.0 Å². The molecular formula is C26H33N3O6. The van der Waals surface area contributed by atoms with Gasteiger partial charge in [-0.1, -0.05) is 29.8 Å². The van der Waals surface area contributed by atoms with Gasteiger partial charge >= 0.3 is 0 Å². The Kier molecular flexibility index (Phi) is 7.90. The number of carbonyl (C=O) groups is 2. The summed E-state index contributed by atoms with van der Waals surface area (Å²) < 4.78 is 11.2. The minimum atomic E-state index is -1.20. The Morgan fingerprint density at radius 1 is 1.00 bits per heavy atom. The number of carbonyl (C=O) groups excluding carboxylic acids is 2. The molecule has 2 heterocycles. The van der Waals surface area contributed by atoms with Gasteiger partial charge in [0, 0.05) is 38.3 Å². The summed E-state index contributed by atoms with van der Waals surface area (Å²) in [5.41, 5.74) is 2.55. The molecule has 2 aliphatic heterocycles. The lowest BCUT2D eigenvalue weighted by atomic mass is 10.0. The van der Waals surface area contributed by atoms with Gasteiger partial charge in [0.1, 0.15) is 24.1 Å². The summed E-state index contributed by atoms with van der Waals surface area (Å²) in [6.07, 6.45) is -4.04. The van der Waals surface area contributed by atoms with Crippen LogP contribution in [0.2, 0.25) is 0 Å². The molecule has 35 heavy (non-hydrogen) atoms. The van der Waals surface area contributed by atoms with E-state index in [4.69, 9.17) is 9.47 Å². The summed E-state index contributed by atoms with van der Waals surface area (Å²) in [5.74, 6) is 0.372. The SMILES string of the molecule is COc1ccccc1N1CCN(C(=O)C[C@@H]2O[C@H](CNC(=O)c3ccc(C)cc3)[C@@H](O)[C@H]2O)CC1. The number of aliphatic hydroxyl groups is 2. The van der Waals surface area contributed by atoms with Gasteiger partial charge in [-0.05, 0) is 31.2 Å². The number of anilines is 1. The van der Waals surface area contributed by atoms with Gasteiger partial charge in [0.15, 0.2) is 0 Å². The Balaban J connectivity index is 1.26. The van der Waals surface area contributed by atoms with Gasteiger partial charge in [0.25, 0.3) is 5.91 Å². The van der Waals surface area contributed by atoms with E-state index in [0.717, 1.165) is 17.0 Å². The molecule has 2 aliphatic rings. The number of nitrogens with one attached hydrogen (secondary N) is 1. The van der Waals surface area contributed by atoms with E-state index in [-0.39, 0.29) is 24.8 Å². The minimum Gasteiger partial charge on any atom is -0.495 e. The van der Waals surface area contributed by atoms with Gasteiger partial charge in [-0.25, -0.2) is 0 Å². The Morgan fingerprint density at radius 2 is 1.66 bits per heavy atom. The van der Waals surface area contributed by atoms with Crippen molar-refractivity contribution in [1.29, 1.82) is 0 Å². The molecule has 3 N–H and O–H groups in total. The smallest absolute Gasteiger partial charge is 0.251 e. The topological polar surface area (TPSA) is 112 Å². The third kappa shape index (κ3) is 5.75. The zero-order valence-corrected chi connectivity index (χ0v) is 20.1. The molecule has 4 rings (SSSR count). The fourth-order valence-electron chi connectivity index (χ4n) is 4.55. The second-order valence-corrected chi connectivity index (χ2v) is 9.01. The van der Waals surface area contributed by atoms with Crippen LogP contribution in [0.5, 0.6) is 5.75 Å². The van der Waals surface area contributed by atoms with Gasteiger partial charge < -0.3 is 34.8 Å². The molecule has 9 nitrogen and oxygen atoms in total. The van der Waals surface area contributed by atoms with E-state index >= 15 is 0 Å². The van der Waals surface area contributed by atoms with E-state index in [9.17, 15) is 19.8 Å². The first-order chi connectivity index (χ1) is 16.9. The van der Waals surface area contributed by atoms with Crippen molar-refractivity contribution >= 4 is 17.5 Å². The van der Waals surface area contributed by atoms with Crippen molar-refractivity contribution in [1.82, 2.24) is 10.2 Å². The lowest BCUT2D eigenvalue weighted by molar-refractivity contribution is -0.135. The summed E-state index contributed by atoms with van der Waals surface area (Å²) in [5, 5.41) is 23.6. The highest BCUT2D eigenvalue weighted by Crippen LogP contribution is 2.29. The van der Waals surface area contributed by atoms with E-state index in [1.165, 1.54) is 0 Å². The molecule has 188 valence electrons. The van der Waals surface area contributed by atoms with Crippen molar-refractivity contribution in [2.24, 2.45) is 0 Å². The Labute approximate surface area is 205 Å². The Bertz CT molecular complexity index is 1020. The standard InChI is InChI=1S/C26H33N3O6/c1-17-7-9-18(10-8-17)26(33)27-16-22-25(32)24(31)21(35-22)15-23(30)29-13-11-28(12-14-29)19-5-3-4-6-20(19)34-2/h3-10,21-22,24-25,31-32H,11-16H2,1-2H3,(H,27,33)/t21-,22+,24-,25+/m0/s1. The zero-order valence-electron chi connectivity index (χ0n) is 20.1. The summed E-state index contributed by atoms with van der Waals surface area (Å²) in [7, 11) is 1.64. The quantitative estimate of drug-likeness (QED) is 0.538. The second kappa shape index (κ2) is 11.1. The van der Waals surface area contributed by atoms with E-state index in [0.29, 0.717) is 31.7 Å². The van der Waals surface area contributed by atoms with Crippen molar-refractivity contribution < 1.29 is 29.3 Å². The molecule has 2 saturated heterocycles. The van der Waals surface area contributed by atoms with Gasteiger partial charge in [0.2, 0.25) is 5.91 Å². The van der Waals surface area contributed by atoms with E-state index in [1.54, 1.807) is 24.1 Å². The van der Waals surface area contributed by atoms with Crippen LogP contribution in [0.25, 0.3) is 0 Å². The average Bonchev–Trinajstić information content (AvgIpc) is 3.15. The maximum atomic E-state index is 12.9. The molecule has 0 aliphatic carbocycles. The van der Waals surface area contributed by atoms with Gasteiger partial charge in [-0.15, -0.1) is 0 Å². The maximum Gasteiger partial charge on any atom is 0.251 e. The molecular weight excluding hydrogens is 450 g/mol. The fourth-order valence-corrected chi connectivity index (χ4v) is 4.55. The zero-order chi connectivity index (χ0) is 24.9. The first-order valence-electron chi connectivity index (χ1n) is 11.9. The number of amides is 2. The summed E-state index contributed by atoms with van der Waals surface area (Å²) in [6, 6.07) is 14.9. The van der Waals surface area contributed by atoms with Crippen LogP contribution in [-0.4, -0.2) is 91.2 Å². The predicted octanol–water partition coefficient (Wildman–Crippen LogP) is 0.962. The van der Waals surface area contributed by atoms with Crippen LogP contribution in [0, 0.1) is 6.92 Å². The number of methoxy groups -OCH3 is 1. The van der Waals surface area contributed by atoms with Crippen molar-refractivity contribution in [2.75, 3.05) is 44.7 Å². The number of hydrogen-bond donors (Lipinski definition) is 3. The Morgan fingerprint density at radius 3 is 2.34 bits per heavy atom. The molecule has 2 aromatic rings. The van der Waals surface area contributed by atoms with Gasteiger partial charge in [-0.2, -0.15) is 0 Å². The molecule has 2 fully saturated rings. The van der Waals surface area contributed by atoms with E-state index < -0.39 is 24.4 Å². The maximum absolute atomic E-state index is 12.9. The number of aryl methyl sites for hydroxylation is 1. The highest BCUT2D eigenvalue weighted by atomic mass is 16.5. The highest BCUT2D eigenvalue weighted by molar-refractivity contribution is 5.94. The molecule has 0 spiro atoms. The number of ether oxygens (including phenoxy) is 2. The van der Waals surface area contributed by atoms with Crippen LogP contribution in [0.3, 0.4) is 0 Å². The van der Waals surface area contributed by atoms with Crippen molar-refractivity contribution in [3.63, 3.8) is 0 Å². The predicted molar refractivity (Wildman–Crippen MR) is 131 cm³/mol. The summed E-state index contributed by atoms with van der Waals surface area (Å²) in [4.78, 5) is 29.2. The highest BCUT2D eigenvalue weighted by Gasteiger charge is 2.44. The van der Waals surface area contributed by atoms with Gasteiger partial charge in [0.05, 0.1) is 25.3 Å². The number of nitrogens with zero attached hydrogens (tertiary/aromatic N) is 2. The van der Waals surface area contributed by atoms with Crippen LogP contribution in [0.1, 0.15) is 22.3 Å². The molecule has 9 heteroatoms. The molecule has 0 radical (unpaired) electrons. The summed E-state index contributed by atoms with van der Waals surface area (Å²) in [6.45, 7) is 4.38. The first kappa shape index (κ1) is 25.0.